The number of nitrogens with two attached hydrogens (primary N) is 2. The highest BCUT2D eigenvalue weighted by Gasteiger charge is 2.36. The standard InChI is InChI=1S/C40H45F3N8O6/c1-51(25(22-54)10-7-19-52)39(57)32-23(8-6-9-24(32)21-53)13-16-31(55)48-17-4-5-18-49-38(56)35(46)34-29(45)14-15-30-33(34)26-11-2-3-12-27(26)36(50-30)28(20-44)37(47)40(41,42)43/h6,8-9,14-15,19-22,25,44,46H,2-5,7,10-13,16-18,45,47H2,1H3,(H,48,55)(H,49,56). The van der Waals surface area contributed by atoms with Crippen LogP contribution in [0, 0.1) is 10.8 Å². The van der Waals surface area contributed by atoms with Crippen molar-refractivity contribution in [3.05, 3.63) is 75.1 Å². The third kappa shape index (κ3) is 10.1. The molecule has 17 heteroatoms. The maximum atomic E-state index is 13.6. The third-order valence-electron chi connectivity index (χ3n) is 9.89. The summed E-state index contributed by atoms with van der Waals surface area (Å²) in [4.78, 5) is 79.1. The number of pyridine rings is 1. The van der Waals surface area contributed by atoms with Crippen LogP contribution in [0.2, 0.25) is 0 Å². The fourth-order valence-corrected chi connectivity index (χ4v) is 6.88. The number of anilines is 1. The van der Waals surface area contributed by atoms with Gasteiger partial charge in [-0.2, -0.15) is 13.2 Å². The van der Waals surface area contributed by atoms with Gasteiger partial charge in [0.2, 0.25) is 5.91 Å². The Kier molecular flexibility index (Phi) is 14.9. The molecule has 3 aromatic rings. The van der Waals surface area contributed by atoms with Gasteiger partial charge in [0.05, 0.1) is 22.8 Å². The summed E-state index contributed by atoms with van der Waals surface area (Å²) in [5.74, 6) is -1.64. The zero-order valence-corrected chi connectivity index (χ0v) is 31.4. The van der Waals surface area contributed by atoms with Crippen molar-refractivity contribution in [2.75, 3.05) is 25.9 Å². The molecule has 0 fully saturated rings. The van der Waals surface area contributed by atoms with Gasteiger partial charge in [-0.15, -0.1) is 0 Å². The lowest BCUT2D eigenvalue weighted by Crippen LogP contribution is -2.39. The molecule has 8 N–H and O–H groups in total. The fraction of sp³-hybridized carbons (Fsp3) is 0.375. The van der Waals surface area contributed by atoms with E-state index in [1.54, 1.807) is 12.1 Å². The summed E-state index contributed by atoms with van der Waals surface area (Å²) in [6.07, 6.45) is 0.747. The first-order valence-electron chi connectivity index (χ1n) is 18.4. The van der Waals surface area contributed by atoms with Crippen molar-refractivity contribution in [2.45, 2.75) is 76.4 Å². The number of aldehydes is 3. The number of carbonyl (C=O) groups is 6. The smallest absolute Gasteiger partial charge is 0.398 e. The first-order valence-corrected chi connectivity index (χ1v) is 18.4. The molecule has 3 amide bonds. The van der Waals surface area contributed by atoms with Crippen LogP contribution in [-0.4, -0.2) is 90.7 Å². The van der Waals surface area contributed by atoms with Crippen molar-refractivity contribution in [1.29, 1.82) is 10.8 Å². The number of rotatable bonds is 19. The first kappa shape index (κ1) is 43.5. The van der Waals surface area contributed by atoms with Crippen LogP contribution >= 0.6 is 0 Å². The molecule has 0 bridgehead atoms. The van der Waals surface area contributed by atoms with Gasteiger partial charge in [0, 0.05) is 67.0 Å². The Morgan fingerprint density at radius 2 is 1.68 bits per heavy atom. The number of carbonyl (C=O) groups excluding carboxylic acids is 6. The Morgan fingerprint density at radius 3 is 2.32 bits per heavy atom. The Labute approximate surface area is 326 Å². The van der Waals surface area contributed by atoms with Crippen LogP contribution in [0.3, 0.4) is 0 Å². The first-order chi connectivity index (χ1) is 27.2. The largest absolute Gasteiger partial charge is 0.431 e. The molecule has 1 atom stereocenters. The number of alkyl halides is 3. The lowest BCUT2D eigenvalue weighted by molar-refractivity contribution is -0.121. The fourth-order valence-electron chi connectivity index (χ4n) is 6.88. The van der Waals surface area contributed by atoms with Crippen molar-refractivity contribution < 1.29 is 41.9 Å². The maximum Gasteiger partial charge on any atom is 0.431 e. The summed E-state index contributed by atoms with van der Waals surface area (Å²) < 4.78 is 40.8. The topological polar surface area (TPSA) is 242 Å². The highest BCUT2D eigenvalue weighted by molar-refractivity contribution is 6.47. The summed E-state index contributed by atoms with van der Waals surface area (Å²) in [6, 6.07) is 6.73. The minimum Gasteiger partial charge on any atom is -0.398 e. The number of benzene rings is 2. The summed E-state index contributed by atoms with van der Waals surface area (Å²) in [5, 5.41) is 22.4. The molecule has 0 radical (unpaired) electrons. The van der Waals surface area contributed by atoms with Crippen molar-refractivity contribution >= 4 is 70.7 Å². The average molecular weight is 791 g/mol. The molecule has 14 nitrogen and oxygen atoms in total. The number of halogens is 3. The number of allylic oxidation sites excluding steroid dienone is 2. The number of unbranched alkanes of at least 4 members (excludes halogenated alkanes) is 1. The van der Waals surface area contributed by atoms with Gasteiger partial charge in [-0.3, -0.25) is 24.6 Å². The van der Waals surface area contributed by atoms with Crippen molar-refractivity contribution in [3.63, 3.8) is 0 Å². The van der Waals surface area contributed by atoms with Crippen molar-refractivity contribution in [3.8, 4) is 0 Å². The lowest BCUT2D eigenvalue weighted by Gasteiger charge is -2.25. The van der Waals surface area contributed by atoms with Gasteiger partial charge >= 0.3 is 6.18 Å². The Balaban J connectivity index is 1.36. The second-order valence-electron chi connectivity index (χ2n) is 13.6. The number of hydrogen-bond acceptors (Lipinski definition) is 11. The van der Waals surface area contributed by atoms with Crippen LogP contribution in [0.1, 0.15) is 93.6 Å². The molecule has 1 aliphatic carbocycles. The predicted octanol–water partition coefficient (Wildman–Crippen LogP) is 4.02. The van der Waals surface area contributed by atoms with Crippen LogP contribution in [-0.2, 0) is 38.4 Å². The van der Waals surface area contributed by atoms with E-state index < -0.39 is 41.0 Å². The minimum atomic E-state index is -4.89. The molecule has 0 spiro atoms. The number of amides is 3. The van der Waals surface area contributed by atoms with E-state index in [0.29, 0.717) is 85.7 Å². The highest BCUT2D eigenvalue weighted by Crippen LogP contribution is 2.38. The molecule has 1 aliphatic rings. The van der Waals surface area contributed by atoms with Gasteiger partial charge < -0.3 is 42.0 Å². The molecule has 0 aliphatic heterocycles. The molecule has 57 heavy (non-hydrogen) atoms. The normalized spacial score (nSPS) is 13.4. The van der Waals surface area contributed by atoms with Crippen LogP contribution in [0.5, 0.6) is 0 Å². The number of hydrogen-bond donors (Lipinski definition) is 6. The maximum absolute atomic E-state index is 13.6. The number of nitrogens with zero attached hydrogens (tertiary/aromatic N) is 2. The number of nitrogen functional groups attached to an aromatic ring is 1. The second-order valence-corrected chi connectivity index (χ2v) is 13.6. The molecule has 0 saturated carbocycles. The SMILES string of the molecule is CN(C(=O)c1c(C=O)cccc1CCC(=O)NCCCCNC(=O)C(=N)c1c(N)ccc2nc(C(C=N)=C(N)C(F)(F)F)c3c(c12)CCCC3)C(C=O)CCC=O. The number of fused-ring (bicyclic) bond motifs is 3. The summed E-state index contributed by atoms with van der Waals surface area (Å²) in [7, 11) is 1.41. The van der Waals surface area contributed by atoms with Gasteiger partial charge in [-0.05, 0) is 80.2 Å². The van der Waals surface area contributed by atoms with Crippen molar-refractivity contribution in [2.24, 2.45) is 5.73 Å². The van der Waals surface area contributed by atoms with Crippen LogP contribution in [0.4, 0.5) is 18.9 Å². The molecule has 4 rings (SSSR count). The van der Waals surface area contributed by atoms with E-state index in [1.807, 2.05) is 0 Å². The van der Waals surface area contributed by atoms with Crippen LogP contribution in [0.25, 0.3) is 16.5 Å². The van der Waals surface area contributed by atoms with Crippen molar-refractivity contribution in [1.82, 2.24) is 20.5 Å². The summed E-state index contributed by atoms with van der Waals surface area (Å²) >= 11 is 0. The quantitative estimate of drug-likeness (QED) is 0.0444. The van der Waals surface area contributed by atoms with E-state index in [2.05, 4.69) is 15.6 Å². The van der Waals surface area contributed by atoms with E-state index in [1.165, 1.54) is 30.1 Å². The molecule has 1 aromatic heterocycles. The molecular weight excluding hydrogens is 745 g/mol. The zero-order valence-electron chi connectivity index (χ0n) is 31.4. The molecule has 2 aromatic carbocycles. The van der Waals surface area contributed by atoms with E-state index in [0.717, 1.165) is 0 Å². The number of aryl methyl sites for hydroxylation is 2. The van der Waals surface area contributed by atoms with Gasteiger partial charge in [-0.25, -0.2) is 4.98 Å². The number of aromatic nitrogens is 1. The summed E-state index contributed by atoms with van der Waals surface area (Å²) in [6.45, 7) is 0.410. The highest BCUT2D eigenvalue weighted by atomic mass is 19.4. The Bertz CT molecular complexity index is 2120. The van der Waals surface area contributed by atoms with E-state index >= 15 is 0 Å². The van der Waals surface area contributed by atoms with E-state index in [-0.39, 0.29) is 78.3 Å². The van der Waals surface area contributed by atoms with Gasteiger partial charge in [0.25, 0.3) is 11.8 Å². The predicted molar refractivity (Wildman–Crippen MR) is 208 cm³/mol. The number of nitrogens with one attached hydrogen (secondary N) is 4. The molecular formula is C40H45F3N8O6. The average Bonchev–Trinajstić information content (AvgIpc) is 3.20. The third-order valence-corrected chi connectivity index (χ3v) is 9.89. The van der Waals surface area contributed by atoms with Crippen LogP contribution < -0.4 is 22.1 Å². The molecule has 1 heterocycles. The molecule has 1 unspecified atom stereocenters. The second kappa shape index (κ2) is 19.6. The van der Waals surface area contributed by atoms with E-state index in [9.17, 15) is 41.9 Å². The monoisotopic (exact) mass is 790 g/mol. The number of likely N-dealkylation sites (N-methyl/N-ethyl adjacent to an activating group) is 1. The van der Waals surface area contributed by atoms with Crippen LogP contribution in [0.15, 0.2) is 36.0 Å². The lowest BCUT2D eigenvalue weighted by atomic mass is 9.83. The zero-order chi connectivity index (χ0) is 41.9. The Hall–Kier alpha value is -6.26. The molecule has 0 saturated heterocycles. The van der Waals surface area contributed by atoms with Gasteiger partial charge in [-0.1, -0.05) is 18.2 Å². The minimum absolute atomic E-state index is 0.0103. The van der Waals surface area contributed by atoms with Gasteiger partial charge in [0.15, 0.2) is 6.29 Å². The summed E-state index contributed by atoms with van der Waals surface area (Å²) in [5.41, 5.74) is 11.4. The Morgan fingerprint density at radius 1 is 1.00 bits per heavy atom. The molecule has 302 valence electrons. The van der Waals surface area contributed by atoms with E-state index in [4.69, 9.17) is 22.3 Å². The van der Waals surface area contributed by atoms with Gasteiger partial charge in [0.1, 0.15) is 24.0 Å².